The first-order valence-corrected chi connectivity index (χ1v) is 12.8. The zero-order chi connectivity index (χ0) is 23.7. The highest BCUT2D eigenvalue weighted by molar-refractivity contribution is 9.11. The molecule has 0 heterocycles. The summed E-state index contributed by atoms with van der Waals surface area (Å²) in [5.74, 6) is 0.932. The maximum absolute atomic E-state index is 12.5. The molecule has 7 nitrogen and oxygen atoms in total. The van der Waals surface area contributed by atoms with Gasteiger partial charge >= 0.3 is 0 Å². The van der Waals surface area contributed by atoms with Crippen LogP contribution in [-0.4, -0.2) is 43.6 Å². The van der Waals surface area contributed by atoms with Gasteiger partial charge in [0.1, 0.15) is 17.2 Å². The van der Waals surface area contributed by atoms with Gasteiger partial charge in [0.2, 0.25) is 0 Å². The van der Waals surface area contributed by atoms with Gasteiger partial charge < -0.3 is 25.7 Å². The monoisotopic (exact) mass is 697 g/mol. The van der Waals surface area contributed by atoms with E-state index < -0.39 is 5.91 Å². The third-order valence-corrected chi connectivity index (χ3v) is 6.72. The summed E-state index contributed by atoms with van der Waals surface area (Å²) >= 11 is 13.9. The van der Waals surface area contributed by atoms with Crippen LogP contribution in [-0.2, 0) is 17.6 Å². The van der Waals surface area contributed by atoms with Gasteiger partial charge in [0.15, 0.2) is 0 Å². The summed E-state index contributed by atoms with van der Waals surface area (Å²) in [5, 5.41) is 15.3. The number of hydrogen-bond donors (Lipinski definition) is 3. The topological polar surface area (TPSA) is 106 Å². The van der Waals surface area contributed by atoms with E-state index in [0.717, 1.165) is 41.2 Å². The molecule has 2 aromatic carbocycles. The fourth-order valence-electron chi connectivity index (χ4n) is 2.84. The van der Waals surface area contributed by atoms with Gasteiger partial charge in [-0.1, -0.05) is 5.16 Å². The predicted molar refractivity (Wildman–Crippen MR) is 139 cm³/mol. The Kier molecular flexibility index (Phi) is 11.5. The summed E-state index contributed by atoms with van der Waals surface area (Å²) in [6.45, 7) is 1.48. The molecule has 0 aliphatic rings. The number of halogens is 4. The second kappa shape index (κ2) is 13.5. The third-order valence-electron chi connectivity index (χ3n) is 4.37. The van der Waals surface area contributed by atoms with Crippen molar-refractivity contribution in [1.82, 2.24) is 5.32 Å². The lowest BCUT2D eigenvalue weighted by Crippen LogP contribution is -2.33. The van der Waals surface area contributed by atoms with Gasteiger partial charge in [-0.25, -0.2) is 0 Å². The average molecular weight is 701 g/mol. The van der Waals surface area contributed by atoms with Crippen LogP contribution in [0.3, 0.4) is 0 Å². The number of nitrogens with one attached hydrogen (secondary N) is 1. The lowest BCUT2D eigenvalue weighted by atomic mass is 10.1. The van der Waals surface area contributed by atoms with Crippen LogP contribution in [0.4, 0.5) is 0 Å². The molecule has 0 bridgehead atoms. The minimum atomic E-state index is -0.435. The lowest BCUT2D eigenvalue weighted by Gasteiger charge is -2.13. The van der Waals surface area contributed by atoms with E-state index in [1.807, 2.05) is 24.3 Å². The number of nitrogens with zero attached hydrogens (tertiary/aromatic N) is 1. The van der Waals surface area contributed by atoms with Crippen LogP contribution >= 0.6 is 63.7 Å². The summed E-state index contributed by atoms with van der Waals surface area (Å²) in [4.78, 5) is 12.5. The van der Waals surface area contributed by atoms with E-state index in [-0.39, 0.29) is 12.1 Å². The molecule has 0 aromatic heterocycles. The number of oxime groups is 1. The Bertz CT molecular complexity index is 940. The number of carbonyl (C=O) groups is 1. The molecule has 11 heteroatoms. The van der Waals surface area contributed by atoms with Crippen LogP contribution in [0.5, 0.6) is 11.5 Å². The molecule has 2 rings (SSSR count). The molecule has 4 N–H and O–H groups in total. The standard InChI is InChI=1S/C21H23Br4N3O4/c1-31-19-14(22)9-13(10-15(19)23)11-18(28-30)21(29)27-5-3-12-7-16(24)20(17(25)8-12)32-6-2-4-26/h7-10,30H,2-6,11,26H2,1H3,(H,27,29)/b28-18-. The number of hydrogen-bond acceptors (Lipinski definition) is 6. The Labute approximate surface area is 220 Å². The molecule has 0 spiro atoms. The Morgan fingerprint density at radius 1 is 1.03 bits per heavy atom. The van der Waals surface area contributed by atoms with Gasteiger partial charge in [-0.05, 0) is 118 Å². The minimum absolute atomic E-state index is 0.0139. The maximum atomic E-state index is 12.5. The first-order valence-electron chi connectivity index (χ1n) is 9.62. The molecule has 0 aliphatic heterocycles. The van der Waals surface area contributed by atoms with Gasteiger partial charge in [-0.3, -0.25) is 4.79 Å². The van der Waals surface area contributed by atoms with Gasteiger partial charge in [0.05, 0.1) is 31.6 Å². The van der Waals surface area contributed by atoms with Crippen molar-refractivity contribution >= 4 is 75.3 Å². The second-order valence-corrected chi connectivity index (χ2v) is 10.1. The van der Waals surface area contributed by atoms with Crippen LogP contribution in [0.1, 0.15) is 17.5 Å². The van der Waals surface area contributed by atoms with E-state index in [1.165, 1.54) is 0 Å². The molecule has 0 atom stereocenters. The van der Waals surface area contributed by atoms with Crippen molar-refractivity contribution in [3.8, 4) is 11.5 Å². The van der Waals surface area contributed by atoms with E-state index in [4.69, 9.17) is 15.2 Å². The molecular formula is C21H23Br4N3O4. The zero-order valence-corrected chi connectivity index (χ0v) is 23.6. The number of nitrogens with two attached hydrogens (primary N) is 1. The van der Waals surface area contributed by atoms with E-state index in [0.29, 0.717) is 31.9 Å². The highest BCUT2D eigenvalue weighted by atomic mass is 79.9. The number of ether oxygens (including phenoxy) is 2. The molecule has 0 radical (unpaired) electrons. The number of carbonyl (C=O) groups excluding carboxylic acids is 1. The van der Waals surface area contributed by atoms with Crippen molar-refractivity contribution < 1.29 is 19.5 Å². The molecular weight excluding hydrogens is 678 g/mol. The highest BCUT2D eigenvalue weighted by Crippen LogP contribution is 2.35. The third kappa shape index (κ3) is 7.72. The largest absolute Gasteiger partial charge is 0.494 e. The SMILES string of the molecule is COc1c(Br)cc(C/C(=N/O)C(=O)NCCc2cc(Br)c(OCCCN)c(Br)c2)cc1Br. The van der Waals surface area contributed by atoms with Crippen LogP contribution in [0.15, 0.2) is 47.3 Å². The normalized spacial score (nSPS) is 11.4. The zero-order valence-electron chi connectivity index (χ0n) is 17.3. The lowest BCUT2D eigenvalue weighted by molar-refractivity contribution is -0.115. The summed E-state index contributed by atoms with van der Waals surface area (Å²) in [7, 11) is 1.57. The molecule has 174 valence electrons. The van der Waals surface area contributed by atoms with Crippen molar-refractivity contribution in [2.75, 3.05) is 26.8 Å². The van der Waals surface area contributed by atoms with E-state index >= 15 is 0 Å². The molecule has 1 amide bonds. The Morgan fingerprint density at radius 3 is 2.12 bits per heavy atom. The van der Waals surface area contributed by atoms with Gasteiger partial charge in [-0.2, -0.15) is 0 Å². The fraction of sp³-hybridized carbons (Fsp3) is 0.333. The van der Waals surface area contributed by atoms with Crippen molar-refractivity contribution in [3.63, 3.8) is 0 Å². The van der Waals surface area contributed by atoms with Crippen molar-refractivity contribution in [2.24, 2.45) is 10.9 Å². The summed E-state index contributed by atoms with van der Waals surface area (Å²) in [6, 6.07) is 7.52. The van der Waals surface area contributed by atoms with E-state index in [9.17, 15) is 10.0 Å². The van der Waals surface area contributed by atoms with Crippen LogP contribution < -0.4 is 20.5 Å². The van der Waals surface area contributed by atoms with Crippen LogP contribution in [0.25, 0.3) is 0 Å². The van der Waals surface area contributed by atoms with Crippen LogP contribution in [0, 0.1) is 0 Å². The molecule has 2 aromatic rings. The first-order chi connectivity index (χ1) is 15.3. The number of benzene rings is 2. The second-order valence-electron chi connectivity index (χ2n) is 6.70. The Morgan fingerprint density at radius 2 is 1.59 bits per heavy atom. The molecule has 0 fully saturated rings. The summed E-state index contributed by atoms with van der Waals surface area (Å²) < 4.78 is 14.1. The van der Waals surface area contributed by atoms with Crippen molar-refractivity contribution in [2.45, 2.75) is 19.3 Å². The van der Waals surface area contributed by atoms with E-state index in [1.54, 1.807) is 7.11 Å². The Hall–Kier alpha value is -1.14. The predicted octanol–water partition coefficient (Wildman–Crippen LogP) is 5.20. The van der Waals surface area contributed by atoms with Crippen molar-refractivity contribution in [3.05, 3.63) is 53.3 Å². The smallest absolute Gasteiger partial charge is 0.269 e. The average Bonchev–Trinajstić information content (AvgIpc) is 2.73. The first kappa shape index (κ1) is 27.1. The molecule has 0 saturated heterocycles. The fourth-order valence-corrected chi connectivity index (χ4v) is 5.95. The highest BCUT2D eigenvalue weighted by Gasteiger charge is 2.16. The molecule has 32 heavy (non-hydrogen) atoms. The summed E-state index contributed by atoms with van der Waals surface area (Å²) in [5.41, 5.74) is 7.30. The van der Waals surface area contributed by atoms with Gasteiger partial charge in [0.25, 0.3) is 5.91 Å². The van der Waals surface area contributed by atoms with E-state index in [2.05, 4.69) is 74.2 Å². The summed E-state index contributed by atoms with van der Waals surface area (Å²) in [6.07, 6.45) is 1.52. The van der Waals surface area contributed by atoms with Crippen molar-refractivity contribution in [1.29, 1.82) is 0 Å². The number of rotatable bonds is 11. The molecule has 0 aliphatic carbocycles. The van der Waals surface area contributed by atoms with Gasteiger partial charge in [-0.15, -0.1) is 0 Å². The minimum Gasteiger partial charge on any atom is -0.494 e. The Balaban J connectivity index is 1.95. The maximum Gasteiger partial charge on any atom is 0.269 e. The quantitative estimate of drug-likeness (QED) is 0.129. The molecule has 0 saturated carbocycles. The number of amides is 1. The van der Waals surface area contributed by atoms with Gasteiger partial charge in [0, 0.05) is 13.0 Å². The van der Waals surface area contributed by atoms with Crippen LogP contribution in [0.2, 0.25) is 0 Å². The number of methoxy groups -OCH3 is 1. The molecule has 0 unspecified atom stereocenters.